The van der Waals surface area contributed by atoms with Crippen molar-refractivity contribution in [3.05, 3.63) is 106 Å². The Morgan fingerprint density at radius 1 is 0.914 bits per heavy atom. The molecule has 0 aliphatic rings. The van der Waals surface area contributed by atoms with Gasteiger partial charge in [-0.3, -0.25) is 0 Å². The normalized spacial score (nSPS) is 12.0. The molecule has 0 saturated carbocycles. The van der Waals surface area contributed by atoms with E-state index in [9.17, 15) is 4.79 Å². The first-order chi connectivity index (χ1) is 17.1. The van der Waals surface area contributed by atoms with Gasteiger partial charge in [0.15, 0.2) is 0 Å². The van der Waals surface area contributed by atoms with Gasteiger partial charge in [0.25, 0.3) is 0 Å². The molecular formula is C31H35ClO3. The topological polar surface area (TPSA) is 35.5 Å². The zero-order chi connectivity index (χ0) is 24.9. The number of allylic oxidation sites excluding steroid dienone is 1. The van der Waals surface area contributed by atoms with E-state index in [0.717, 1.165) is 34.7 Å². The van der Waals surface area contributed by atoms with Crippen molar-refractivity contribution in [2.45, 2.75) is 52.6 Å². The van der Waals surface area contributed by atoms with Gasteiger partial charge in [-0.25, -0.2) is 4.79 Å². The molecule has 3 rings (SSSR count). The minimum absolute atomic E-state index is 0.270. The van der Waals surface area contributed by atoms with Crippen LogP contribution < -0.4 is 4.74 Å². The lowest BCUT2D eigenvalue weighted by Crippen LogP contribution is -2.06. The van der Waals surface area contributed by atoms with Crippen LogP contribution in [0.2, 0.25) is 5.02 Å². The van der Waals surface area contributed by atoms with E-state index in [1.165, 1.54) is 24.8 Å². The summed E-state index contributed by atoms with van der Waals surface area (Å²) in [5.74, 6) is 0.998. The quantitative estimate of drug-likeness (QED) is 0.178. The van der Waals surface area contributed by atoms with Crippen LogP contribution in [0.4, 0.5) is 0 Å². The Morgan fingerprint density at radius 3 is 2.34 bits per heavy atom. The van der Waals surface area contributed by atoms with Crippen molar-refractivity contribution < 1.29 is 14.3 Å². The molecule has 0 amide bonds. The summed E-state index contributed by atoms with van der Waals surface area (Å²) < 4.78 is 11.2. The standard InChI is InChI=1S/C31H35ClO3/c1-3-5-6-9-24(22-25-13-18-28(19-14-25)31(33)34-4-2)12-17-27-10-7-8-11-30(27)35-23-26-15-20-29(32)21-16-26/h7-8,10-21,24H,3-6,9,22-23H2,1-2H3/b17-12+. The molecule has 0 spiro atoms. The Morgan fingerprint density at radius 2 is 1.63 bits per heavy atom. The molecule has 3 nitrogen and oxygen atoms in total. The molecule has 0 N–H and O–H groups in total. The van der Waals surface area contributed by atoms with Crippen LogP contribution in [0, 0.1) is 5.92 Å². The van der Waals surface area contributed by atoms with Gasteiger partial charge in [0.05, 0.1) is 12.2 Å². The van der Waals surface area contributed by atoms with Gasteiger partial charge in [-0.2, -0.15) is 0 Å². The molecule has 1 unspecified atom stereocenters. The summed E-state index contributed by atoms with van der Waals surface area (Å²) in [4.78, 5) is 12.0. The molecule has 0 aliphatic carbocycles. The first kappa shape index (κ1) is 26.6. The van der Waals surface area contributed by atoms with E-state index in [4.69, 9.17) is 21.1 Å². The minimum atomic E-state index is -0.270. The molecule has 3 aromatic rings. The largest absolute Gasteiger partial charge is 0.488 e. The molecule has 0 aromatic heterocycles. The van der Waals surface area contributed by atoms with Gasteiger partial charge in [-0.15, -0.1) is 0 Å². The molecule has 35 heavy (non-hydrogen) atoms. The fraction of sp³-hybridized carbons (Fsp3) is 0.323. The number of esters is 1. The number of unbranched alkanes of at least 4 members (excludes halogenated alkanes) is 2. The molecule has 0 aliphatic heterocycles. The molecule has 0 heterocycles. The number of carbonyl (C=O) groups is 1. The number of para-hydroxylation sites is 1. The fourth-order valence-corrected chi connectivity index (χ4v) is 4.07. The third kappa shape index (κ3) is 8.92. The second kappa shape index (κ2) is 14.4. The number of hydrogen-bond acceptors (Lipinski definition) is 3. The number of benzene rings is 3. The SMILES string of the molecule is CCCCCC(/C=C/c1ccccc1OCc1ccc(Cl)cc1)Cc1ccc(C(=O)OCC)cc1. The fourth-order valence-electron chi connectivity index (χ4n) is 3.95. The summed E-state index contributed by atoms with van der Waals surface area (Å²) in [5.41, 5.74) is 3.97. The molecule has 0 radical (unpaired) electrons. The summed E-state index contributed by atoms with van der Waals surface area (Å²) in [6.07, 6.45) is 10.2. The zero-order valence-corrected chi connectivity index (χ0v) is 21.5. The third-order valence-corrected chi connectivity index (χ3v) is 6.17. The van der Waals surface area contributed by atoms with Gasteiger partial charge < -0.3 is 9.47 Å². The number of ether oxygens (including phenoxy) is 2. The van der Waals surface area contributed by atoms with Crippen molar-refractivity contribution in [3.8, 4) is 5.75 Å². The second-order valence-corrected chi connectivity index (χ2v) is 9.13. The molecular weight excluding hydrogens is 456 g/mol. The van der Waals surface area contributed by atoms with E-state index in [0.29, 0.717) is 24.7 Å². The highest BCUT2D eigenvalue weighted by Crippen LogP contribution is 2.24. The molecule has 184 valence electrons. The maximum Gasteiger partial charge on any atom is 0.338 e. The number of carbonyl (C=O) groups excluding carboxylic acids is 1. The van der Waals surface area contributed by atoms with Crippen molar-refractivity contribution in [1.29, 1.82) is 0 Å². The molecule has 0 saturated heterocycles. The van der Waals surface area contributed by atoms with E-state index in [1.807, 2.05) is 73.7 Å². The van der Waals surface area contributed by atoms with Gasteiger partial charge in [-0.1, -0.05) is 92.4 Å². The van der Waals surface area contributed by atoms with Crippen molar-refractivity contribution in [1.82, 2.24) is 0 Å². The van der Waals surface area contributed by atoms with Gasteiger partial charge in [0.1, 0.15) is 12.4 Å². The second-order valence-electron chi connectivity index (χ2n) is 8.69. The third-order valence-electron chi connectivity index (χ3n) is 5.92. The van der Waals surface area contributed by atoms with Crippen molar-refractivity contribution in [3.63, 3.8) is 0 Å². The molecule has 0 fully saturated rings. The Kier molecular flexibility index (Phi) is 10.9. The number of rotatable bonds is 13. The summed E-state index contributed by atoms with van der Waals surface area (Å²) in [5, 5.41) is 0.724. The first-order valence-corrected chi connectivity index (χ1v) is 12.9. The molecule has 4 heteroatoms. The molecule has 3 aromatic carbocycles. The van der Waals surface area contributed by atoms with Crippen LogP contribution >= 0.6 is 11.6 Å². The van der Waals surface area contributed by atoms with Gasteiger partial charge in [0.2, 0.25) is 0 Å². The lowest BCUT2D eigenvalue weighted by atomic mass is 9.92. The predicted molar refractivity (Wildman–Crippen MR) is 145 cm³/mol. The lowest BCUT2D eigenvalue weighted by molar-refractivity contribution is 0.0526. The van der Waals surface area contributed by atoms with E-state index in [-0.39, 0.29) is 5.97 Å². The van der Waals surface area contributed by atoms with Gasteiger partial charge in [0, 0.05) is 10.6 Å². The Bertz CT molecular complexity index is 1070. The van der Waals surface area contributed by atoms with Crippen molar-refractivity contribution in [2.24, 2.45) is 5.92 Å². The number of halogens is 1. The highest BCUT2D eigenvalue weighted by atomic mass is 35.5. The number of hydrogen-bond donors (Lipinski definition) is 0. The smallest absolute Gasteiger partial charge is 0.338 e. The molecule has 0 bridgehead atoms. The van der Waals surface area contributed by atoms with Crippen molar-refractivity contribution in [2.75, 3.05) is 6.61 Å². The maximum absolute atomic E-state index is 12.0. The van der Waals surface area contributed by atoms with Crippen LogP contribution in [0.5, 0.6) is 5.75 Å². The zero-order valence-electron chi connectivity index (χ0n) is 20.7. The Balaban J connectivity index is 1.69. The summed E-state index contributed by atoms with van der Waals surface area (Å²) in [6, 6.07) is 23.7. The Labute approximate surface area is 214 Å². The predicted octanol–water partition coefficient (Wildman–Crippen LogP) is 8.55. The monoisotopic (exact) mass is 490 g/mol. The van der Waals surface area contributed by atoms with Crippen LogP contribution in [0.25, 0.3) is 6.08 Å². The molecule has 1 atom stereocenters. The van der Waals surface area contributed by atoms with Crippen LogP contribution in [0.15, 0.2) is 78.9 Å². The summed E-state index contributed by atoms with van der Waals surface area (Å²) in [6.45, 7) is 4.93. The lowest BCUT2D eigenvalue weighted by Gasteiger charge is -2.14. The van der Waals surface area contributed by atoms with E-state index in [1.54, 1.807) is 0 Å². The van der Waals surface area contributed by atoms with Crippen LogP contribution in [0.3, 0.4) is 0 Å². The highest BCUT2D eigenvalue weighted by molar-refractivity contribution is 6.30. The van der Waals surface area contributed by atoms with Gasteiger partial charge >= 0.3 is 5.97 Å². The van der Waals surface area contributed by atoms with Crippen molar-refractivity contribution >= 4 is 23.6 Å². The highest BCUT2D eigenvalue weighted by Gasteiger charge is 2.10. The van der Waals surface area contributed by atoms with Crippen LogP contribution in [-0.2, 0) is 17.8 Å². The maximum atomic E-state index is 12.0. The average molecular weight is 491 g/mol. The van der Waals surface area contributed by atoms with E-state index < -0.39 is 0 Å². The van der Waals surface area contributed by atoms with Crippen LogP contribution in [-0.4, -0.2) is 12.6 Å². The summed E-state index contributed by atoms with van der Waals surface area (Å²) in [7, 11) is 0. The van der Waals surface area contributed by atoms with E-state index >= 15 is 0 Å². The van der Waals surface area contributed by atoms with E-state index in [2.05, 4.69) is 25.1 Å². The van der Waals surface area contributed by atoms with Gasteiger partial charge in [-0.05, 0) is 67.1 Å². The minimum Gasteiger partial charge on any atom is -0.488 e. The first-order valence-electron chi connectivity index (χ1n) is 12.5. The average Bonchev–Trinajstić information content (AvgIpc) is 2.88. The summed E-state index contributed by atoms with van der Waals surface area (Å²) >= 11 is 5.99. The Hall–Kier alpha value is -3.04. The van der Waals surface area contributed by atoms with Crippen LogP contribution in [0.1, 0.15) is 66.6 Å².